The Bertz CT molecular complexity index is 433. The van der Waals surface area contributed by atoms with Crippen LogP contribution in [0.5, 0.6) is 11.5 Å². The Balaban J connectivity index is 3.26. The van der Waals surface area contributed by atoms with Crippen LogP contribution in [-0.4, -0.2) is 25.2 Å². The third-order valence-electron chi connectivity index (χ3n) is 1.90. The minimum atomic E-state index is -4.64. The molecule has 0 saturated carbocycles. The Hall–Kier alpha value is -0.900. The summed E-state index contributed by atoms with van der Waals surface area (Å²) in [6.07, 6.45) is 0. The van der Waals surface area contributed by atoms with E-state index in [1.54, 1.807) is 0 Å². The zero-order chi connectivity index (χ0) is 15.6. The second-order valence-electron chi connectivity index (χ2n) is 3.25. The van der Waals surface area contributed by atoms with Crippen molar-refractivity contribution in [2.45, 2.75) is 20.8 Å². The van der Waals surface area contributed by atoms with E-state index in [2.05, 4.69) is 0 Å². The van der Waals surface area contributed by atoms with Gasteiger partial charge in [-0.05, 0) is 29.6 Å². The highest BCUT2D eigenvalue weighted by Crippen LogP contribution is 2.48. The number of alkyl halides is 6. The summed E-state index contributed by atoms with van der Waals surface area (Å²) in [5.41, 5.74) is -9.27. The Morgan fingerprint density at radius 2 is 1.10 bits per heavy atom. The first kappa shape index (κ1) is 17.2. The van der Waals surface area contributed by atoms with Gasteiger partial charge in [0.15, 0.2) is 0 Å². The Morgan fingerprint density at radius 3 is 1.35 bits per heavy atom. The maximum Gasteiger partial charge on any atom is 0.446 e. The van der Waals surface area contributed by atoms with Crippen LogP contribution >= 0.6 is 23.5 Å². The molecule has 0 unspecified atom stereocenters. The molecule has 0 aliphatic carbocycles. The van der Waals surface area contributed by atoms with Crippen LogP contribution in [0.15, 0.2) is 21.9 Å². The predicted molar refractivity (Wildman–Crippen MR) is 63.4 cm³/mol. The number of hydrogen-bond donors (Lipinski definition) is 0. The summed E-state index contributed by atoms with van der Waals surface area (Å²) in [7, 11) is 2.23. The van der Waals surface area contributed by atoms with Gasteiger partial charge in [-0.1, -0.05) is 0 Å². The average molecular weight is 338 g/mol. The average Bonchev–Trinajstić information content (AvgIpc) is 2.25. The second-order valence-corrected chi connectivity index (χ2v) is 5.46. The highest BCUT2D eigenvalue weighted by molar-refractivity contribution is 8.01. The van der Waals surface area contributed by atoms with Gasteiger partial charge in [0, 0.05) is 6.07 Å². The molecule has 0 aromatic heterocycles. The van der Waals surface area contributed by atoms with E-state index in [0.29, 0.717) is 0 Å². The molecule has 0 amide bonds. The Morgan fingerprint density at radius 1 is 0.750 bits per heavy atom. The molecule has 0 atom stereocenters. The fourth-order valence-electron chi connectivity index (χ4n) is 1.25. The highest BCUT2D eigenvalue weighted by Gasteiger charge is 2.34. The van der Waals surface area contributed by atoms with Crippen molar-refractivity contribution in [2.75, 3.05) is 14.2 Å². The Labute approximate surface area is 118 Å². The van der Waals surface area contributed by atoms with Crippen molar-refractivity contribution in [3.05, 3.63) is 12.1 Å². The molecule has 0 aliphatic heterocycles. The quantitative estimate of drug-likeness (QED) is 0.572. The van der Waals surface area contributed by atoms with E-state index in [9.17, 15) is 26.3 Å². The number of methoxy groups -OCH3 is 2. The van der Waals surface area contributed by atoms with Gasteiger partial charge in [-0.15, -0.1) is 0 Å². The van der Waals surface area contributed by atoms with Crippen LogP contribution in [0.2, 0.25) is 0 Å². The summed E-state index contributed by atoms with van der Waals surface area (Å²) in [6, 6.07) is 1.73. The molecular formula is C10H8F6O2S2. The van der Waals surface area contributed by atoms with E-state index in [0.717, 1.165) is 26.4 Å². The van der Waals surface area contributed by atoms with Gasteiger partial charge in [0.25, 0.3) is 0 Å². The summed E-state index contributed by atoms with van der Waals surface area (Å²) in [5.74, 6) is -0.425. The van der Waals surface area contributed by atoms with E-state index in [-0.39, 0.29) is 11.5 Å². The van der Waals surface area contributed by atoms with Crippen LogP contribution < -0.4 is 9.47 Å². The van der Waals surface area contributed by atoms with Crippen LogP contribution in [0.4, 0.5) is 26.3 Å². The van der Waals surface area contributed by atoms with Crippen LogP contribution in [0.25, 0.3) is 0 Å². The maximum absolute atomic E-state index is 12.4. The number of halogens is 6. The van der Waals surface area contributed by atoms with E-state index < -0.39 is 44.3 Å². The highest BCUT2D eigenvalue weighted by atomic mass is 32.2. The molecule has 0 spiro atoms. The van der Waals surface area contributed by atoms with Crippen molar-refractivity contribution in [3.8, 4) is 11.5 Å². The van der Waals surface area contributed by atoms with E-state index in [1.807, 2.05) is 0 Å². The lowest BCUT2D eigenvalue weighted by Gasteiger charge is -2.15. The molecule has 0 N–H and O–H groups in total. The Kier molecular flexibility index (Phi) is 5.36. The zero-order valence-electron chi connectivity index (χ0n) is 10.1. The van der Waals surface area contributed by atoms with E-state index in [1.165, 1.54) is 0 Å². The molecule has 1 rings (SSSR count). The third-order valence-corrected chi connectivity index (χ3v) is 3.44. The van der Waals surface area contributed by atoms with Gasteiger partial charge in [0.2, 0.25) is 0 Å². The lowest BCUT2D eigenvalue weighted by atomic mass is 10.3. The van der Waals surface area contributed by atoms with Gasteiger partial charge in [0.1, 0.15) is 11.5 Å². The summed E-state index contributed by atoms with van der Waals surface area (Å²) in [5, 5.41) is 0. The molecule has 20 heavy (non-hydrogen) atoms. The molecule has 1 aromatic rings. The molecule has 0 heterocycles. The molecule has 114 valence electrons. The third kappa shape index (κ3) is 5.23. The lowest BCUT2D eigenvalue weighted by molar-refractivity contribution is -0.0335. The van der Waals surface area contributed by atoms with E-state index in [4.69, 9.17) is 9.47 Å². The fourth-order valence-corrected chi connectivity index (χ4v) is 2.66. The minimum absolute atomic E-state index is 0.212. The fraction of sp³-hybridized carbons (Fsp3) is 0.400. The zero-order valence-corrected chi connectivity index (χ0v) is 11.7. The van der Waals surface area contributed by atoms with Gasteiger partial charge in [-0.25, -0.2) is 0 Å². The topological polar surface area (TPSA) is 18.5 Å². The van der Waals surface area contributed by atoms with Crippen LogP contribution in [0, 0.1) is 0 Å². The first-order chi connectivity index (χ1) is 9.05. The van der Waals surface area contributed by atoms with Crippen molar-refractivity contribution in [1.82, 2.24) is 0 Å². The number of ether oxygens (including phenoxy) is 2. The first-order valence-electron chi connectivity index (χ1n) is 4.83. The van der Waals surface area contributed by atoms with E-state index >= 15 is 0 Å². The number of hydrogen-bond acceptors (Lipinski definition) is 4. The summed E-state index contributed by atoms with van der Waals surface area (Å²) in [6.45, 7) is 0. The summed E-state index contributed by atoms with van der Waals surface area (Å²) in [4.78, 5) is -0.930. The van der Waals surface area contributed by atoms with Gasteiger partial charge in [-0.3, -0.25) is 0 Å². The molecule has 1 aromatic carbocycles. The molecule has 0 fully saturated rings. The van der Waals surface area contributed by atoms with Crippen LogP contribution in [0.3, 0.4) is 0 Å². The van der Waals surface area contributed by atoms with Crippen molar-refractivity contribution in [2.24, 2.45) is 0 Å². The number of thioether (sulfide) groups is 2. The molecule has 0 saturated heterocycles. The number of rotatable bonds is 4. The molecular weight excluding hydrogens is 330 g/mol. The normalized spacial score (nSPS) is 12.4. The SMILES string of the molecule is COc1cc(OC)c(SC(F)(F)F)cc1SC(F)(F)F. The monoisotopic (exact) mass is 338 g/mol. The molecule has 0 aliphatic rings. The summed E-state index contributed by atoms with van der Waals surface area (Å²) < 4.78 is 83.6. The van der Waals surface area contributed by atoms with Gasteiger partial charge < -0.3 is 9.47 Å². The molecule has 0 radical (unpaired) electrons. The second kappa shape index (κ2) is 6.25. The van der Waals surface area contributed by atoms with Crippen molar-refractivity contribution >= 4 is 23.5 Å². The smallest absolute Gasteiger partial charge is 0.446 e. The minimum Gasteiger partial charge on any atom is -0.495 e. The van der Waals surface area contributed by atoms with Crippen molar-refractivity contribution in [3.63, 3.8) is 0 Å². The molecule has 2 nitrogen and oxygen atoms in total. The molecule has 0 bridgehead atoms. The lowest BCUT2D eigenvalue weighted by Crippen LogP contribution is -2.03. The van der Waals surface area contributed by atoms with Crippen molar-refractivity contribution < 1.29 is 35.8 Å². The van der Waals surface area contributed by atoms with Gasteiger partial charge >= 0.3 is 11.0 Å². The summed E-state index contributed by atoms with van der Waals surface area (Å²) >= 11 is -1.10. The van der Waals surface area contributed by atoms with Crippen LogP contribution in [-0.2, 0) is 0 Å². The predicted octanol–water partition coefficient (Wildman–Crippen LogP) is 4.93. The maximum atomic E-state index is 12.4. The van der Waals surface area contributed by atoms with Crippen LogP contribution in [0.1, 0.15) is 0 Å². The standard InChI is InChI=1S/C10H8F6O2S2/c1-17-5-3-6(18-2)8(20-10(14,15)16)4-7(5)19-9(11,12)13/h3-4H,1-2H3. The number of benzene rings is 1. The first-order valence-corrected chi connectivity index (χ1v) is 6.46. The van der Waals surface area contributed by atoms with Crippen molar-refractivity contribution in [1.29, 1.82) is 0 Å². The van der Waals surface area contributed by atoms with Gasteiger partial charge in [-0.2, -0.15) is 26.3 Å². The largest absolute Gasteiger partial charge is 0.495 e. The van der Waals surface area contributed by atoms with Gasteiger partial charge in [0.05, 0.1) is 24.0 Å². The molecule has 10 heteroatoms.